The monoisotopic (exact) mass is 262 g/mol. The van der Waals surface area contributed by atoms with E-state index in [1.54, 1.807) is 4.90 Å². The summed E-state index contributed by atoms with van der Waals surface area (Å²) in [6, 6.07) is 9.45. The SMILES string of the molecule is CCCCCCCCN(C(=O)C[O])c1ccccc1. The van der Waals surface area contributed by atoms with Gasteiger partial charge in [-0.2, -0.15) is 0 Å². The molecule has 0 atom stereocenters. The Morgan fingerprint density at radius 1 is 1.00 bits per heavy atom. The van der Waals surface area contributed by atoms with Crippen LogP contribution in [-0.2, 0) is 9.90 Å². The van der Waals surface area contributed by atoms with E-state index in [-0.39, 0.29) is 5.91 Å². The predicted molar refractivity (Wildman–Crippen MR) is 77.7 cm³/mol. The van der Waals surface area contributed by atoms with Gasteiger partial charge in [-0.05, 0) is 18.6 Å². The van der Waals surface area contributed by atoms with E-state index in [9.17, 15) is 9.90 Å². The van der Waals surface area contributed by atoms with Crippen molar-refractivity contribution in [3.05, 3.63) is 30.3 Å². The Kier molecular flexibility index (Phi) is 7.91. The maximum absolute atomic E-state index is 11.7. The van der Waals surface area contributed by atoms with Crippen molar-refractivity contribution in [2.75, 3.05) is 18.1 Å². The molecule has 0 aliphatic rings. The zero-order valence-corrected chi connectivity index (χ0v) is 11.8. The number of unbranched alkanes of at least 4 members (excludes halogenated alkanes) is 5. The van der Waals surface area contributed by atoms with Gasteiger partial charge in [-0.3, -0.25) is 4.79 Å². The second-order valence-corrected chi connectivity index (χ2v) is 4.79. The number of hydrogen-bond acceptors (Lipinski definition) is 1. The highest BCUT2D eigenvalue weighted by molar-refractivity contribution is 5.93. The number of nitrogens with zero attached hydrogens (tertiary/aromatic N) is 1. The molecule has 19 heavy (non-hydrogen) atoms. The average molecular weight is 262 g/mol. The van der Waals surface area contributed by atoms with Gasteiger partial charge < -0.3 is 4.90 Å². The molecule has 1 radical (unpaired) electrons. The molecule has 1 amide bonds. The predicted octanol–water partition coefficient (Wildman–Crippen LogP) is 3.81. The van der Waals surface area contributed by atoms with Gasteiger partial charge in [0, 0.05) is 12.2 Å². The van der Waals surface area contributed by atoms with Gasteiger partial charge in [0.05, 0.1) is 0 Å². The number of rotatable bonds is 9. The van der Waals surface area contributed by atoms with Gasteiger partial charge in [0.25, 0.3) is 5.91 Å². The van der Waals surface area contributed by atoms with Crippen LogP contribution in [-0.4, -0.2) is 19.1 Å². The Morgan fingerprint density at radius 2 is 1.63 bits per heavy atom. The van der Waals surface area contributed by atoms with Crippen LogP contribution in [0.1, 0.15) is 45.4 Å². The van der Waals surface area contributed by atoms with Crippen LogP contribution in [0.2, 0.25) is 0 Å². The van der Waals surface area contributed by atoms with Crippen molar-refractivity contribution in [3.8, 4) is 0 Å². The summed E-state index contributed by atoms with van der Waals surface area (Å²) >= 11 is 0. The molecule has 0 aromatic heterocycles. The van der Waals surface area contributed by atoms with Crippen molar-refractivity contribution in [2.45, 2.75) is 45.4 Å². The summed E-state index contributed by atoms with van der Waals surface area (Å²) in [5.41, 5.74) is 0.830. The van der Waals surface area contributed by atoms with Crippen LogP contribution in [0.3, 0.4) is 0 Å². The van der Waals surface area contributed by atoms with Gasteiger partial charge in [0.2, 0.25) is 0 Å². The molecule has 0 spiro atoms. The minimum absolute atomic E-state index is 0.334. The second kappa shape index (κ2) is 9.56. The summed E-state index contributed by atoms with van der Waals surface area (Å²) in [6.45, 7) is 2.17. The number of anilines is 1. The number of para-hydroxylation sites is 1. The van der Waals surface area contributed by atoms with Crippen molar-refractivity contribution in [3.63, 3.8) is 0 Å². The standard InChI is InChI=1S/C16H24NO2/c1-2-3-4-5-6-10-13-17(16(19)14-18)15-11-8-7-9-12-15/h7-9,11-12H,2-6,10,13-14H2,1H3. The Labute approximate surface area is 116 Å². The largest absolute Gasteiger partial charge is 0.310 e. The van der Waals surface area contributed by atoms with Crippen LogP contribution in [0, 0.1) is 0 Å². The van der Waals surface area contributed by atoms with Gasteiger partial charge in [0.15, 0.2) is 6.61 Å². The van der Waals surface area contributed by atoms with Crippen molar-refractivity contribution in [2.24, 2.45) is 0 Å². The number of carbonyl (C=O) groups excluding carboxylic acids is 1. The third-order valence-corrected chi connectivity index (χ3v) is 3.23. The third-order valence-electron chi connectivity index (χ3n) is 3.23. The number of carbonyl (C=O) groups is 1. The van der Waals surface area contributed by atoms with Crippen molar-refractivity contribution < 1.29 is 9.90 Å². The Balaban J connectivity index is 2.41. The molecule has 0 saturated heterocycles. The van der Waals surface area contributed by atoms with Crippen LogP contribution in [0.15, 0.2) is 30.3 Å². The lowest BCUT2D eigenvalue weighted by Gasteiger charge is -2.21. The molecule has 0 unspecified atom stereocenters. The molecule has 105 valence electrons. The smallest absolute Gasteiger partial charge is 0.256 e. The van der Waals surface area contributed by atoms with Crippen molar-refractivity contribution in [1.29, 1.82) is 0 Å². The molecule has 1 aromatic rings. The first-order valence-corrected chi connectivity index (χ1v) is 7.23. The summed E-state index contributed by atoms with van der Waals surface area (Å²) < 4.78 is 0. The Hall–Kier alpha value is -1.35. The van der Waals surface area contributed by atoms with E-state index in [0.717, 1.165) is 18.5 Å². The number of amides is 1. The van der Waals surface area contributed by atoms with E-state index in [2.05, 4.69) is 6.92 Å². The minimum atomic E-state index is -0.676. The first kappa shape index (κ1) is 15.7. The lowest BCUT2D eigenvalue weighted by Crippen LogP contribution is -2.33. The van der Waals surface area contributed by atoms with Crippen molar-refractivity contribution >= 4 is 11.6 Å². The fourth-order valence-corrected chi connectivity index (χ4v) is 2.13. The molecular formula is C16H24NO2. The fourth-order valence-electron chi connectivity index (χ4n) is 2.13. The molecular weight excluding hydrogens is 238 g/mol. The topological polar surface area (TPSA) is 40.2 Å². The van der Waals surface area contributed by atoms with Gasteiger partial charge >= 0.3 is 0 Å². The zero-order chi connectivity index (χ0) is 13.9. The Morgan fingerprint density at radius 3 is 2.26 bits per heavy atom. The second-order valence-electron chi connectivity index (χ2n) is 4.79. The summed E-state index contributed by atoms with van der Waals surface area (Å²) in [6.07, 6.45) is 7.08. The van der Waals surface area contributed by atoms with Crippen LogP contribution in [0.4, 0.5) is 5.69 Å². The van der Waals surface area contributed by atoms with E-state index >= 15 is 0 Å². The fraction of sp³-hybridized carbons (Fsp3) is 0.562. The first-order valence-electron chi connectivity index (χ1n) is 7.23. The maximum atomic E-state index is 11.7. The highest BCUT2D eigenvalue weighted by Gasteiger charge is 2.14. The Bertz CT molecular complexity index is 351. The van der Waals surface area contributed by atoms with Gasteiger partial charge in [-0.15, -0.1) is 0 Å². The molecule has 0 saturated carbocycles. The molecule has 0 fully saturated rings. The van der Waals surface area contributed by atoms with Gasteiger partial charge in [-0.1, -0.05) is 57.2 Å². The van der Waals surface area contributed by atoms with Gasteiger partial charge in [0.1, 0.15) is 0 Å². The summed E-state index contributed by atoms with van der Waals surface area (Å²) in [5, 5.41) is 10.8. The molecule has 1 rings (SSSR count). The first-order chi connectivity index (χ1) is 9.29. The molecule has 0 aliphatic carbocycles. The molecule has 0 N–H and O–H groups in total. The quantitative estimate of drug-likeness (QED) is 0.624. The molecule has 0 bridgehead atoms. The third kappa shape index (κ3) is 5.88. The summed E-state index contributed by atoms with van der Waals surface area (Å²) in [5.74, 6) is -0.334. The molecule has 1 aromatic carbocycles. The van der Waals surface area contributed by atoms with Crippen LogP contribution < -0.4 is 4.90 Å². The van der Waals surface area contributed by atoms with E-state index in [0.29, 0.717) is 6.54 Å². The van der Waals surface area contributed by atoms with E-state index < -0.39 is 6.61 Å². The number of benzene rings is 1. The molecule has 0 heterocycles. The summed E-state index contributed by atoms with van der Waals surface area (Å²) in [7, 11) is 0. The lowest BCUT2D eigenvalue weighted by atomic mass is 10.1. The number of hydrogen-bond donors (Lipinski definition) is 0. The molecule has 3 nitrogen and oxygen atoms in total. The zero-order valence-electron chi connectivity index (χ0n) is 11.8. The van der Waals surface area contributed by atoms with Crippen LogP contribution in [0.5, 0.6) is 0 Å². The highest BCUT2D eigenvalue weighted by Crippen LogP contribution is 2.15. The van der Waals surface area contributed by atoms with E-state index in [1.807, 2.05) is 30.3 Å². The molecule has 0 aliphatic heterocycles. The average Bonchev–Trinajstić information content (AvgIpc) is 2.47. The van der Waals surface area contributed by atoms with Crippen LogP contribution >= 0.6 is 0 Å². The minimum Gasteiger partial charge on any atom is -0.310 e. The normalized spacial score (nSPS) is 10.4. The summed E-state index contributed by atoms with van der Waals surface area (Å²) in [4.78, 5) is 13.3. The van der Waals surface area contributed by atoms with E-state index in [1.165, 1.54) is 25.7 Å². The van der Waals surface area contributed by atoms with E-state index in [4.69, 9.17) is 0 Å². The lowest BCUT2D eigenvalue weighted by molar-refractivity contribution is -0.123. The van der Waals surface area contributed by atoms with Crippen LogP contribution in [0.25, 0.3) is 0 Å². The van der Waals surface area contributed by atoms with Crippen molar-refractivity contribution in [1.82, 2.24) is 0 Å². The van der Waals surface area contributed by atoms with Gasteiger partial charge in [-0.25, -0.2) is 5.11 Å². The molecule has 3 heteroatoms. The maximum Gasteiger partial charge on any atom is 0.256 e. The highest BCUT2D eigenvalue weighted by atomic mass is 16.3.